The molecule has 8 heteroatoms. The van der Waals surface area contributed by atoms with Crippen molar-refractivity contribution in [2.75, 3.05) is 18.0 Å². The van der Waals surface area contributed by atoms with Crippen LogP contribution in [0.4, 0.5) is 5.69 Å². The molecular weight excluding hydrogens is 606 g/mol. The van der Waals surface area contributed by atoms with Crippen LogP contribution < -0.4 is 9.64 Å². The van der Waals surface area contributed by atoms with Crippen molar-refractivity contribution in [2.45, 2.75) is 44.8 Å². The number of carbonyl (C=O) groups is 2. The van der Waals surface area contributed by atoms with Gasteiger partial charge < -0.3 is 19.5 Å². The maximum Gasteiger partial charge on any atom is 0.338 e. The van der Waals surface area contributed by atoms with Gasteiger partial charge in [-0.3, -0.25) is 0 Å². The van der Waals surface area contributed by atoms with Crippen molar-refractivity contribution >= 4 is 45.2 Å². The predicted octanol–water partition coefficient (Wildman–Crippen LogP) is 7.96. The van der Waals surface area contributed by atoms with E-state index in [1.54, 1.807) is 36.4 Å². The second kappa shape index (κ2) is 13.1. The number of carboxylic acid groups (broad SMARTS) is 1. The molecule has 3 aromatic rings. The lowest BCUT2D eigenvalue weighted by molar-refractivity contribution is -0.00170. The van der Waals surface area contributed by atoms with Gasteiger partial charge in [0.05, 0.1) is 16.8 Å². The van der Waals surface area contributed by atoms with Crippen LogP contribution in [0.2, 0.25) is 5.02 Å². The molecule has 3 aromatic carbocycles. The van der Waals surface area contributed by atoms with Gasteiger partial charge >= 0.3 is 11.9 Å². The van der Waals surface area contributed by atoms with Crippen LogP contribution in [-0.2, 0) is 17.8 Å². The van der Waals surface area contributed by atoms with Gasteiger partial charge in [0.15, 0.2) is 0 Å². The molecule has 1 aliphatic carbocycles. The summed E-state index contributed by atoms with van der Waals surface area (Å²) in [6.45, 7) is 5.78. The van der Waals surface area contributed by atoms with Crippen LogP contribution >= 0.6 is 27.5 Å². The Morgan fingerprint density at radius 2 is 1.85 bits per heavy atom. The quantitative estimate of drug-likeness (QED) is 0.209. The lowest BCUT2D eigenvalue weighted by atomic mass is 9.70. The minimum atomic E-state index is -0.977. The molecule has 0 unspecified atom stereocenters. The third-order valence-corrected chi connectivity index (χ3v) is 8.89. The molecular formula is C33H33BrClNO5. The van der Waals surface area contributed by atoms with Crippen LogP contribution in [0.3, 0.4) is 0 Å². The summed E-state index contributed by atoms with van der Waals surface area (Å²) in [6, 6.07) is 18.1. The lowest BCUT2D eigenvalue weighted by Gasteiger charge is -2.43. The van der Waals surface area contributed by atoms with Gasteiger partial charge in [0.2, 0.25) is 0 Å². The van der Waals surface area contributed by atoms with Crippen LogP contribution in [-0.4, -0.2) is 36.2 Å². The van der Waals surface area contributed by atoms with Crippen LogP contribution in [0.1, 0.15) is 57.5 Å². The van der Waals surface area contributed by atoms with Gasteiger partial charge in [-0.2, -0.15) is 0 Å². The molecule has 1 aliphatic heterocycles. The zero-order valence-corrected chi connectivity index (χ0v) is 25.1. The molecule has 2 aliphatic rings. The lowest BCUT2D eigenvalue weighted by Crippen LogP contribution is -2.44. The Balaban J connectivity index is 1.36. The van der Waals surface area contributed by atoms with Crippen LogP contribution in [0.15, 0.2) is 77.8 Å². The Morgan fingerprint density at radius 1 is 1.07 bits per heavy atom. The third kappa shape index (κ3) is 6.96. The molecule has 0 saturated heterocycles. The Kier molecular flexibility index (Phi) is 9.35. The average molecular weight is 639 g/mol. The van der Waals surface area contributed by atoms with Crippen molar-refractivity contribution in [2.24, 2.45) is 11.8 Å². The Morgan fingerprint density at radius 3 is 2.56 bits per heavy atom. The molecule has 41 heavy (non-hydrogen) atoms. The summed E-state index contributed by atoms with van der Waals surface area (Å²) in [4.78, 5) is 27.0. The van der Waals surface area contributed by atoms with E-state index in [9.17, 15) is 14.7 Å². The Hall–Kier alpha value is -3.29. The highest BCUT2D eigenvalue weighted by molar-refractivity contribution is 9.10. The summed E-state index contributed by atoms with van der Waals surface area (Å²) < 4.78 is 13.1. The second-order valence-electron chi connectivity index (χ2n) is 10.7. The largest absolute Gasteiger partial charge is 0.487 e. The first-order valence-electron chi connectivity index (χ1n) is 13.9. The predicted molar refractivity (Wildman–Crippen MR) is 164 cm³/mol. The van der Waals surface area contributed by atoms with Gasteiger partial charge in [0.1, 0.15) is 18.5 Å². The van der Waals surface area contributed by atoms with Gasteiger partial charge in [-0.05, 0) is 104 Å². The minimum absolute atomic E-state index is 0.128. The number of aryl methyl sites for hydroxylation is 1. The van der Waals surface area contributed by atoms with E-state index in [-0.39, 0.29) is 23.4 Å². The summed E-state index contributed by atoms with van der Waals surface area (Å²) >= 11 is 9.68. The monoisotopic (exact) mass is 637 g/mol. The number of ether oxygens (including phenoxy) is 2. The smallest absolute Gasteiger partial charge is 0.338 e. The van der Waals surface area contributed by atoms with E-state index < -0.39 is 12.1 Å². The maximum absolute atomic E-state index is 12.9. The molecule has 1 N–H and O–H groups in total. The zero-order chi connectivity index (χ0) is 28.9. The number of carbonyl (C=O) groups excluding carboxylic acids is 1. The number of hydrogen-bond acceptors (Lipinski definition) is 5. The van der Waals surface area contributed by atoms with E-state index in [2.05, 4.69) is 27.4 Å². The van der Waals surface area contributed by atoms with Gasteiger partial charge in [-0.15, -0.1) is 0 Å². The number of carboxylic acids is 1. The molecule has 0 amide bonds. The van der Waals surface area contributed by atoms with Crippen molar-refractivity contribution in [3.05, 3.63) is 105 Å². The van der Waals surface area contributed by atoms with Crippen LogP contribution in [0.25, 0.3) is 0 Å². The molecule has 3 atom stereocenters. The summed E-state index contributed by atoms with van der Waals surface area (Å²) in [5, 5.41) is 10.5. The second-order valence-corrected chi connectivity index (χ2v) is 12.1. The number of benzene rings is 3. The first-order chi connectivity index (χ1) is 19.8. The highest BCUT2D eigenvalue weighted by Crippen LogP contribution is 2.41. The molecule has 6 nitrogen and oxygen atoms in total. The van der Waals surface area contributed by atoms with Gasteiger partial charge in [-0.1, -0.05) is 46.3 Å². The van der Waals surface area contributed by atoms with E-state index in [0.717, 1.165) is 54.4 Å². The molecule has 5 rings (SSSR count). The number of anilines is 1. The van der Waals surface area contributed by atoms with E-state index in [0.29, 0.717) is 29.5 Å². The summed E-state index contributed by atoms with van der Waals surface area (Å²) in [5.74, 6) is -0.319. The molecule has 0 spiro atoms. The third-order valence-electron chi connectivity index (χ3n) is 8.13. The fourth-order valence-electron chi connectivity index (χ4n) is 5.70. The Bertz CT molecular complexity index is 1430. The molecule has 0 aromatic heterocycles. The van der Waals surface area contributed by atoms with E-state index in [1.807, 2.05) is 30.3 Å². The van der Waals surface area contributed by atoms with Crippen LogP contribution in [0.5, 0.6) is 5.75 Å². The summed E-state index contributed by atoms with van der Waals surface area (Å²) in [6.07, 6.45) is 6.00. The number of fused-ring (bicyclic) bond motifs is 2. The summed E-state index contributed by atoms with van der Waals surface area (Å²) in [7, 11) is 0. The normalized spacial score (nSPS) is 19.3. The standard InChI is InChI=1S/C33H33BrClNO5/c1-2-30(41-33(39)21-6-11-26(34)12-7-21)28-14-9-24(28)19-36-16-4-3-5-22-17-27(35)13-8-25(22)20-40-31-15-10-23(32(37)38)18-29(31)36/h2,6-8,10-13,15,17-18,24,28,30H,1,3-5,9,14,16,19-20H2,(H,37,38)/t24-,28+,30-/m0/s1. The molecule has 214 valence electrons. The highest BCUT2D eigenvalue weighted by Gasteiger charge is 2.39. The molecule has 0 radical (unpaired) electrons. The van der Waals surface area contributed by atoms with Crippen molar-refractivity contribution in [3.63, 3.8) is 0 Å². The first-order valence-corrected chi connectivity index (χ1v) is 15.1. The van der Waals surface area contributed by atoms with E-state index >= 15 is 0 Å². The van der Waals surface area contributed by atoms with Gasteiger partial charge in [0, 0.05) is 28.5 Å². The van der Waals surface area contributed by atoms with Crippen molar-refractivity contribution in [3.8, 4) is 5.75 Å². The average Bonchev–Trinajstić information content (AvgIpc) is 2.98. The van der Waals surface area contributed by atoms with Gasteiger partial charge in [0.25, 0.3) is 0 Å². The molecule has 1 fully saturated rings. The van der Waals surface area contributed by atoms with Crippen molar-refractivity contribution in [1.29, 1.82) is 0 Å². The molecule has 0 bridgehead atoms. The van der Waals surface area contributed by atoms with Gasteiger partial charge in [-0.25, -0.2) is 9.59 Å². The highest BCUT2D eigenvalue weighted by atomic mass is 79.9. The number of rotatable bonds is 7. The summed E-state index contributed by atoms with van der Waals surface area (Å²) in [5.41, 5.74) is 3.75. The van der Waals surface area contributed by atoms with E-state index in [4.69, 9.17) is 21.1 Å². The SMILES string of the molecule is C=C[C@H](OC(=O)c1ccc(Br)cc1)[C@@H]1CC[C@H]1CN1CCCCc2cc(Cl)ccc2COc2ccc(C(=O)O)cc21. The minimum Gasteiger partial charge on any atom is -0.487 e. The fraction of sp³-hybridized carbons (Fsp3) is 0.333. The number of aromatic carboxylic acids is 1. The maximum atomic E-state index is 12.9. The van der Waals surface area contributed by atoms with E-state index in [1.165, 1.54) is 5.56 Å². The topological polar surface area (TPSA) is 76.1 Å². The zero-order valence-electron chi connectivity index (χ0n) is 22.7. The van der Waals surface area contributed by atoms with Crippen LogP contribution in [0, 0.1) is 11.8 Å². The first kappa shape index (κ1) is 29.2. The van der Waals surface area contributed by atoms with Crippen molar-refractivity contribution < 1.29 is 24.2 Å². The number of hydrogen-bond donors (Lipinski definition) is 1. The van der Waals surface area contributed by atoms with Crippen molar-refractivity contribution in [1.82, 2.24) is 0 Å². The number of nitrogens with zero attached hydrogens (tertiary/aromatic N) is 1. The fourth-order valence-corrected chi connectivity index (χ4v) is 6.16. The number of halogens is 2. The number of esters is 1. The molecule has 1 heterocycles. The molecule has 1 saturated carbocycles. The Labute approximate surface area is 254 Å².